The van der Waals surface area contributed by atoms with Gasteiger partial charge in [0.1, 0.15) is 0 Å². The lowest BCUT2D eigenvalue weighted by atomic mass is 10.0. The Bertz CT molecular complexity index is 1280. The van der Waals surface area contributed by atoms with Crippen LogP contribution >= 0.6 is 27.7 Å². The molecule has 31 heavy (non-hydrogen) atoms. The van der Waals surface area contributed by atoms with Gasteiger partial charge in [-0.15, -0.1) is 0 Å². The minimum atomic E-state index is -0.686. The van der Waals surface area contributed by atoms with E-state index in [4.69, 9.17) is 9.47 Å². The number of H-pyrrole nitrogens is 1. The summed E-state index contributed by atoms with van der Waals surface area (Å²) in [5.41, 5.74) is 2.17. The predicted octanol–water partition coefficient (Wildman–Crippen LogP) is 3.24. The molecule has 0 aliphatic carbocycles. The fourth-order valence-electron chi connectivity index (χ4n) is 3.92. The summed E-state index contributed by atoms with van der Waals surface area (Å²) in [6.45, 7) is 1.95. The molecule has 0 saturated heterocycles. The number of nitrogens with zero attached hydrogens (tertiary/aromatic N) is 3. The molecule has 0 spiro atoms. The van der Waals surface area contributed by atoms with Crippen LogP contribution in [0.3, 0.4) is 0 Å². The van der Waals surface area contributed by atoms with Gasteiger partial charge < -0.3 is 9.47 Å². The molecule has 8 nitrogen and oxygen atoms in total. The number of rotatable bonds is 3. The van der Waals surface area contributed by atoms with Crippen molar-refractivity contribution in [1.82, 2.24) is 10.1 Å². The van der Waals surface area contributed by atoms with Crippen molar-refractivity contribution < 1.29 is 19.0 Å². The van der Waals surface area contributed by atoms with E-state index >= 15 is 0 Å². The van der Waals surface area contributed by atoms with E-state index in [2.05, 4.69) is 26.0 Å². The van der Waals surface area contributed by atoms with Gasteiger partial charge in [-0.1, -0.05) is 46.7 Å². The molecule has 1 N–H and O–H groups in total. The van der Waals surface area contributed by atoms with E-state index in [1.165, 1.54) is 11.8 Å². The average Bonchev–Trinajstić information content (AvgIpc) is 3.23. The number of aromatic amines is 1. The fraction of sp³-hybridized carbons (Fsp3) is 0.238. The predicted molar refractivity (Wildman–Crippen MR) is 118 cm³/mol. The summed E-state index contributed by atoms with van der Waals surface area (Å²) in [6, 6.07) is 11.0. The van der Waals surface area contributed by atoms with Gasteiger partial charge in [0.15, 0.2) is 11.5 Å². The fourth-order valence-corrected chi connectivity index (χ4v) is 4.81. The number of amides is 1. The molecule has 5 rings (SSSR count). The first-order chi connectivity index (χ1) is 15.0. The number of thioether (sulfide) groups is 1. The van der Waals surface area contributed by atoms with Crippen LogP contribution in [0.25, 0.3) is 11.3 Å². The van der Waals surface area contributed by atoms with Crippen LogP contribution in [0.5, 0.6) is 11.5 Å². The molecule has 158 valence electrons. The Morgan fingerprint density at radius 1 is 1.32 bits per heavy atom. The lowest BCUT2D eigenvalue weighted by Crippen LogP contribution is -2.61. The highest BCUT2D eigenvalue weighted by molar-refractivity contribution is 9.10. The number of anilines is 1. The minimum absolute atomic E-state index is 0.0899. The highest BCUT2D eigenvalue weighted by Gasteiger charge is 2.46. The average molecular weight is 502 g/mol. The molecule has 2 aliphatic heterocycles. The van der Waals surface area contributed by atoms with Gasteiger partial charge in [-0.05, 0) is 35.2 Å². The first-order valence-corrected chi connectivity index (χ1v) is 11.7. The number of fused-ring (bicyclic) bond motifs is 4. The molecule has 1 aromatic heterocycles. The van der Waals surface area contributed by atoms with Crippen molar-refractivity contribution in [2.75, 3.05) is 17.9 Å². The topological polar surface area (TPSA) is 88.4 Å². The van der Waals surface area contributed by atoms with E-state index < -0.39 is 6.17 Å². The van der Waals surface area contributed by atoms with Crippen LogP contribution in [0.15, 0.2) is 50.8 Å². The monoisotopic (exact) mass is 501 g/mol. The van der Waals surface area contributed by atoms with Gasteiger partial charge in [-0.2, -0.15) is 0 Å². The quantitative estimate of drug-likeness (QED) is 0.437. The van der Waals surface area contributed by atoms with E-state index in [0.29, 0.717) is 40.0 Å². The lowest BCUT2D eigenvalue weighted by Gasteiger charge is -2.32. The molecule has 10 heteroatoms. The third kappa shape index (κ3) is 3.12. The zero-order chi connectivity index (χ0) is 21.7. The Labute approximate surface area is 190 Å². The summed E-state index contributed by atoms with van der Waals surface area (Å²) >= 11 is 4.95. The molecule has 2 aliphatic rings. The molecule has 1 amide bonds. The second kappa shape index (κ2) is 7.69. The van der Waals surface area contributed by atoms with Gasteiger partial charge in [0, 0.05) is 16.0 Å². The molecule has 3 heterocycles. The standard InChI is InChI=1S/C21H17BrN4O4S/c1-3-17(27)25-14-7-5-4-6-11(14)18-19(28)23-21(31-2)24-26(18)20(25)12-8-15-16(9-13(12)22)30-10-29-15/h4-9,20H,3,10H2,1-2H3/p+1/t20-/m0/s1. The number of para-hydroxylation sites is 1. The van der Waals surface area contributed by atoms with Crippen LogP contribution in [-0.2, 0) is 4.79 Å². The first kappa shape index (κ1) is 20.1. The Morgan fingerprint density at radius 2 is 2.06 bits per heavy atom. The maximum absolute atomic E-state index is 13.2. The van der Waals surface area contributed by atoms with Crippen LogP contribution in [0.2, 0.25) is 0 Å². The SMILES string of the molecule is CCC(=O)N1c2ccccc2-c2c(=O)[nH]c(SC)n[n+]2[C@H]1c1cc2c(cc1Br)OCO2. The zero-order valence-corrected chi connectivity index (χ0v) is 19.1. The van der Waals surface area contributed by atoms with Crippen LogP contribution in [-0.4, -0.2) is 29.0 Å². The van der Waals surface area contributed by atoms with E-state index in [1.807, 2.05) is 49.6 Å². The summed E-state index contributed by atoms with van der Waals surface area (Å²) < 4.78 is 13.4. The second-order valence-electron chi connectivity index (χ2n) is 6.99. The Kier molecular flexibility index (Phi) is 4.98. The third-order valence-corrected chi connectivity index (χ3v) is 6.55. The summed E-state index contributed by atoms with van der Waals surface area (Å²) in [5.74, 6) is 1.11. The first-order valence-electron chi connectivity index (χ1n) is 9.64. The molecule has 0 bridgehead atoms. The number of ether oxygens (including phenoxy) is 2. The molecular formula is C21H18BrN4O4S+. The van der Waals surface area contributed by atoms with Gasteiger partial charge in [-0.25, -0.2) is 4.90 Å². The summed E-state index contributed by atoms with van der Waals surface area (Å²) in [6.07, 6.45) is 1.44. The van der Waals surface area contributed by atoms with Gasteiger partial charge in [0.2, 0.25) is 17.9 Å². The van der Waals surface area contributed by atoms with Gasteiger partial charge >= 0.3 is 11.3 Å². The van der Waals surface area contributed by atoms with Crippen LogP contribution in [0.4, 0.5) is 5.69 Å². The van der Waals surface area contributed by atoms with Crippen LogP contribution in [0, 0.1) is 0 Å². The number of nitrogens with one attached hydrogen (secondary N) is 1. The van der Waals surface area contributed by atoms with Crippen molar-refractivity contribution in [2.24, 2.45) is 0 Å². The smallest absolute Gasteiger partial charge is 0.325 e. The van der Waals surface area contributed by atoms with Crippen LogP contribution in [0.1, 0.15) is 25.1 Å². The molecule has 0 radical (unpaired) electrons. The van der Waals surface area contributed by atoms with E-state index in [0.717, 1.165) is 10.0 Å². The van der Waals surface area contributed by atoms with E-state index in [1.54, 1.807) is 9.58 Å². The Balaban J connectivity index is 1.86. The number of hydrogen-bond acceptors (Lipinski definition) is 6. The molecule has 0 saturated carbocycles. The maximum atomic E-state index is 13.2. The molecule has 1 atom stereocenters. The lowest BCUT2D eigenvalue weighted by molar-refractivity contribution is -0.763. The molecule has 2 aromatic carbocycles. The van der Waals surface area contributed by atoms with Crippen LogP contribution < -0.4 is 24.6 Å². The largest absolute Gasteiger partial charge is 0.454 e. The minimum Gasteiger partial charge on any atom is -0.454 e. The van der Waals surface area contributed by atoms with Gasteiger partial charge in [0.25, 0.3) is 6.17 Å². The number of aromatic nitrogens is 3. The highest BCUT2D eigenvalue weighted by atomic mass is 79.9. The van der Waals surface area contributed by atoms with Crippen molar-refractivity contribution in [2.45, 2.75) is 24.7 Å². The molecule has 3 aromatic rings. The maximum Gasteiger partial charge on any atom is 0.325 e. The summed E-state index contributed by atoms with van der Waals surface area (Å²) in [4.78, 5) is 30.9. The second-order valence-corrected chi connectivity index (χ2v) is 8.64. The van der Waals surface area contributed by atoms with Crippen molar-refractivity contribution >= 4 is 39.3 Å². The third-order valence-electron chi connectivity index (χ3n) is 5.29. The molecule has 0 fully saturated rings. The Hall–Kier alpha value is -2.85. The number of carbonyl (C=O) groups excluding carboxylic acids is 1. The number of halogens is 1. The van der Waals surface area contributed by atoms with Gasteiger partial charge in [-0.3, -0.25) is 14.6 Å². The van der Waals surface area contributed by atoms with Crippen molar-refractivity contribution in [1.29, 1.82) is 0 Å². The summed E-state index contributed by atoms with van der Waals surface area (Å²) in [7, 11) is 0. The van der Waals surface area contributed by atoms with Gasteiger partial charge in [0.05, 0.1) is 16.8 Å². The normalized spacial score (nSPS) is 16.1. The number of hydrogen-bond donors (Lipinski definition) is 1. The van der Waals surface area contributed by atoms with Crippen molar-refractivity contribution in [3.63, 3.8) is 0 Å². The van der Waals surface area contributed by atoms with E-state index in [9.17, 15) is 9.59 Å². The highest BCUT2D eigenvalue weighted by Crippen LogP contribution is 2.43. The van der Waals surface area contributed by atoms with Crippen molar-refractivity contribution in [3.05, 3.63) is 56.8 Å². The van der Waals surface area contributed by atoms with Crippen molar-refractivity contribution in [3.8, 4) is 22.8 Å². The molecular weight excluding hydrogens is 484 g/mol. The zero-order valence-electron chi connectivity index (χ0n) is 16.7. The summed E-state index contributed by atoms with van der Waals surface area (Å²) in [5, 5.41) is 5.15. The Morgan fingerprint density at radius 3 is 2.81 bits per heavy atom. The number of benzene rings is 2. The number of carbonyl (C=O) groups is 1. The molecule has 0 unspecified atom stereocenters. The van der Waals surface area contributed by atoms with E-state index in [-0.39, 0.29) is 18.3 Å².